The Bertz CT molecular complexity index is 662. The summed E-state index contributed by atoms with van der Waals surface area (Å²) in [6.07, 6.45) is 8.04. The minimum absolute atomic E-state index is 0.113. The molecule has 0 bridgehead atoms. The number of benzene rings is 1. The minimum atomic E-state index is 0.113. The SMILES string of the molecule is O=C(CN1CC(c2ccccc2)CC1=O)N1CCC(N2CCCCCC2)CC1. The fourth-order valence-electron chi connectivity index (χ4n) is 5.08. The standard InChI is InChI=1S/C23H33N3O2/c27-22-16-20(19-8-4-3-5-9-19)17-26(22)18-23(28)25-14-10-21(11-15-25)24-12-6-1-2-7-13-24/h3-5,8-9,20-21H,1-2,6-7,10-18H2. The molecule has 3 fully saturated rings. The van der Waals surface area contributed by atoms with Crippen molar-refractivity contribution in [1.29, 1.82) is 0 Å². The van der Waals surface area contributed by atoms with Crippen LogP contribution >= 0.6 is 0 Å². The Balaban J connectivity index is 1.26. The molecule has 0 N–H and O–H groups in total. The number of carbonyl (C=O) groups is 2. The predicted molar refractivity (Wildman–Crippen MR) is 110 cm³/mol. The summed E-state index contributed by atoms with van der Waals surface area (Å²) in [6.45, 7) is 5.03. The van der Waals surface area contributed by atoms with Crippen LogP contribution in [0.1, 0.15) is 56.4 Å². The first-order valence-corrected chi connectivity index (χ1v) is 11.1. The third-order valence-corrected chi connectivity index (χ3v) is 6.79. The van der Waals surface area contributed by atoms with Crippen molar-refractivity contribution in [3.63, 3.8) is 0 Å². The van der Waals surface area contributed by atoms with Crippen LogP contribution in [0, 0.1) is 0 Å². The quantitative estimate of drug-likeness (QED) is 0.803. The average molecular weight is 384 g/mol. The second-order valence-electron chi connectivity index (χ2n) is 8.65. The number of amides is 2. The molecule has 3 saturated heterocycles. The zero-order valence-corrected chi connectivity index (χ0v) is 16.9. The van der Waals surface area contributed by atoms with E-state index in [1.165, 1.54) is 44.3 Å². The van der Waals surface area contributed by atoms with E-state index in [1.54, 1.807) is 4.90 Å². The van der Waals surface area contributed by atoms with E-state index < -0.39 is 0 Å². The van der Waals surface area contributed by atoms with Crippen molar-refractivity contribution in [2.75, 3.05) is 39.3 Å². The van der Waals surface area contributed by atoms with Crippen molar-refractivity contribution in [1.82, 2.24) is 14.7 Å². The van der Waals surface area contributed by atoms with E-state index in [9.17, 15) is 9.59 Å². The van der Waals surface area contributed by atoms with Gasteiger partial charge in [-0.1, -0.05) is 43.2 Å². The second-order valence-corrected chi connectivity index (χ2v) is 8.65. The number of nitrogens with zero attached hydrogens (tertiary/aromatic N) is 3. The predicted octanol–water partition coefficient (Wildman–Crippen LogP) is 2.87. The summed E-state index contributed by atoms with van der Waals surface area (Å²) in [5.41, 5.74) is 1.20. The topological polar surface area (TPSA) is 43.9 Å². The van der Waals surface area contributed by atoms with Crippen molar-refractivity contribution in [2.45, 2.75) is 56.9 Å². The van der Waals surface area contributed by atoms with Gasteiger partial charge in [0.2, 0.25) is 11.8 Å². The highest BCUT2D eigenvalue weighted by atomic mass is 16.2. The fourth-order valence-corrected chi connectivity index (χ4v) is 5.08. The first kappa shape index (κ1) is 19.4. The average Bonchev–Trinajstić information content (AvgIpc) is 2.93. The fraction of sp³-hybridized carbons (Fsp3) is 0.652. The monoisotopic (exact) mass is 383 g/mol. The molecule has 28 heavy (non-hydrogen) atoms. The van der Waals surface area contributed by atoms with E-state index >= 15 is 0 Å². The lowest BCUT2D eigenvalue weighted by Gasteiger charge is -2.38. The van der Waals surface area contributed by atoms with Crippen LogP contribution in [0.15, 0.2) is 30.3 Å². The Morgan fingerprint density at radius 3 is 2.29 bits per heavy atom. The third kappa shape index (κ3) is 4.57. The Hall–Kier alpha value is -1.88. The van der Waals surface area contributed by atoms with Gasteiger partial charge in [0.05, 0.1) is 6.54 Å². The maximum absolute atomic E-state index is 12.8. The molecule has 0 radical (unpaired) electrons. The molecule has 0 aliphatic carbocycles. The Labute approximate surface area is 168 Å². The second kappa shape index (κ2) is 9.08. The Morgan fingerprint density at radius 2 is 1.61 bits per heavy atom. The molecule has 1 unspecified atom stereocenters. The molecule has 152 valence electrons. The number of likely N-dealkylation sites (tertiary alicyclic amines) is 3. The van der Waals surface area contributed by atoms with Crippen molar-refractivity contribution in [2.24, 2.45) is 0 Å². The van der Waals surface area contributed by atoms with Crippen LogP contribution in [0.25, 0.3) is 0 Å². The molecule has 1 atom stereocenters. The van der Waals surface area contributed by atoms with Gasteiger partial charge in [-0.3, -0.25) is 9.59 Å². The zero-order valence-electron chi connectivity index (χ0n) is 16.9. The van der Waals surface area contributed by atoms with Crippen molar-refractivity contribution >= 4 is 11.8 Å². The minimum Gasteiger partial charge on any atom is -0.341 e. The highest BCUT2D eigenvalue weighted by molar-refractivity contribution is 5.86. The van der Waals surface area contributed by atoms with Crippen LogP contribution in [0.4, 0.5) is 0 Å². The molecule has 4 rings (SSSR count). The summed E-state index contributed by atoms with van der Waals surface area (Å²) in [7, 11) is 0. The lowest BCUT2D eigenvalue weighted by atomic mass is 9.99. The van der Waals surface area contributed by atoms with Gasteiger partial charge in [0.25, 0.3) is 0 Å². The van der Waals surface area contributed by atoms with Gasteiger partial charge in [0.15, 0.2) is 0 Å². The molecule has 3 aliphatic rings. The molecule has 1 aromatic carbocycles. The van der Waals surface area contributed by atoms with E-state index in [-0.39, 0.29) is 24.3 Å². The van der Waals surface area contributed by atoms with E-state index in [4.69, 9.17) is 0 Å². The molecular weight excluding hydrogens is 350 g/mol. The molecule has 1 aromatic rings. The van der Waals surface area contributed by atoms with Crippen LogP contribution in [-0.4, -0.2) is 71.8 Å². The van der Waals surface area contributed by atoms with E-state index in [1.807, 2.05) is 23.1 Å². The van der Waals surface area contributed by atoms with Crippen LogP contribution in [-0.2, 0) is 9.59 Å². The maximum atomic E-state index is 12.8. The van der Waals surface area contributed by atoms with Gasteiger partial charge < -0.3 is 14.7 Å². The smallest absolute Gasteiger partial charge is 0.242 e. The van der Waals surface area contributed by atoms with Crippen LogP contribution in [0.5, 0.6) is 0 Å². The zero-order chi connectivity index (χ0) is 19.3. The van der Waals surface area contributed by atoms with Crippen LogP contribution in [0.3, 0.4) is 0 Å². The summed E-state index contributed by atoms with van der Waals surface area (Å²) in [4.78, 5) is 31.6. The van der Waals surface area contributed by atoms with Gasteiger partial charge in [0.1, 0.15) is 0 Å². The van der Waals surface area contributed by atoms with Gasteiger partial charge in [-0.2, -0.15) is 0 Å². The Morgan fingerprint density at radius 1 is 0.929 bits per heavy atom. The number of hydrogen-bond donors (Lipinski definition) is 0. The summed E-state index contributed by atoms with van der Waals surface area (Å²) in [5, 5.41) is 0. The molecule has 0 saturated carbocycles. The van der Waals surface area contributed by atoms with Crippen molar-refractivity contribution in [3.05, 3.63) is 35.9 Å². The van der Waals surface area contributed by atoms with E-state index in [2.05, 4.69) is 17.0 Å². The molecule has 0 spiro atoms. The van der Waals surface area contributed by atoms with Crippen LogP contribution < -0.4 is 0 Å². The van der Waals surface area contributed by atoms with Crippen molar-refractivity contribution in [3.8, 4) is 0 Å². The van der Waals surface area contributed by atoms with Crippen LogP contribution in [0.2, 0.25) is 0 Å². The highest BCUT2D eigenvalue weighted by Crippen LogP contribution is 2.28. The summed E-state index contributed by atoms with van der Waals surface area (Å²) in [6, 6.07) is 10.8. The summed E-state index contributed by atoms with van der Waals surface area (Å²) in [5.74, 6) is 0.452. The Kier molecular flexibility index (Phi) is 6.30. The number of hydrogen-bond acceptors (Lipinski definition) is 3. The van der Waals surface area contributed by atoms with Gasteiger partial charge in [0, 0.05) is 38.0 Å². The molecule has 3 heterocycles. The normalized spacial score (nSPS) is 25.1. The first-order chi connectivity index (χ1) is 13.7. The van der Waals surface area contributed by atoms with Gasteiger partial charge in [-0.15, -0.1) is 0 Å². The summed E-state index contributed by atoms with van der Waals surface area (Å²) >= 11 is 0. The highest BCUT2D eigenvalue weighted by Gasteiger charge is 2.34. The van der Waals surface area contributed by atoms with Crippen molar-refractivity contribution < 1.29 is 9.59 Å². The largest absolute Gasteiger partial charge is 0.341 e. The lowest BCUT2D eigenvalue weighted by Crippen LogP contribution is -2.49. The number of piperidine rings is 1. The lowest BCUT2D eigenvalue weighted by molar-refractivity contribution is -0.139. The third-order valence-electron chi connectivity index (χ3n) is 6.79. The van der Waals surface area contributed by atoms with E-state index in [0.717, 1.165) is 25.9 Å². The molecule has 2 amide bonds. The maximum Gasteiger partial charge on any atom is 0.242 e. The van der Waals surface area contributed by atoms with Gasteiger partial charge >= 0.3 is 0 Å². The van der Waals surface area contributed by atoms with Gasteiger partial charge in [-0.05, 0) is 44.3 Å². The molecule has 3 aliphatic heterocycles. The first-order valence-electron chi connectivity index (χ1n) is 11.1. The number of rotatable bonds is 4. The van der Waals surface area contributed by atoms with E-state index in [0.29, 0.717) is 19.0 Å². The molecule has 0 aromatic heterocycles. The summed E-state index contributed by atoms with van der Waals surface area (Å²) < 4.78 is 0. The van der Waals surface area contributed by atoms with Gasteiger partial charge in [-0.25, -0.2) is 0 Å². The number of carbonyl (C=O) groups excluding carboxylic acids is 2. The molecule has 5 heteroatoms. The molecular formula is C23H33N3O2. The molecule has 5 nitrogen and oxygen atoms in total.